The maximum atomic E-state index is 11.7. The second-order valence-corrected chi connectivity index (χ2v) is 8.91. The van der Waals surface area contributed by atoms with E-state index in [0.29, 0.717) is 29.6 Å². The molecule has 0 amide bonds. The number of hydrogen-bond donors (Lipinski definition) is 1. The Morgan fingerprint density at radius 2 is 2.21 bits per heavy atom. The number of halogens is 1. The van der Waals surface area contributed by atoms with E-state index in [-0.39, 0.29) is 22.4 Å². The molecule has 2 heterocycles. The molecule has 3 rings (SSSR count). The van der Waals surface area contributed by atoms with Gasteiger partial charge in [0.15, 0.2) is 16.5 Å². The highest BCUT2D eigenvalue weighted by Gasteiger charge is 2.35. The molecule has 0 radical (unpaired) electrons. The topological polar surface area (TPSA) is 69.5 Å². The van der Waals surface area contributed by atoms with Crippen LogP contribution in [0.3, 0.4) is 0 Å². The number of quaternary nitrogens is 1. The molecular formula is C15H19ClN3O3S2+. The zero-order valence-corrected chi connectivity index (χ0v) is 15.6. The predicted molar refractivity (Wildman–Crippen MR) is 94.3 cm³/mol. The van der Waals surface area contributed by atoms with Gasteiger partial charge in [0.2, 0.25) is 5.89 Å². The van der Waals surface area contributed by atoms with E-state index in [9.17, 15) is 8.42 Å². The molecule has 9 heteroatoms. The summed E-state index contributed by atoms with van der Waals surface area (Å²) in [5, 5.41) is 4.97. The lowest BCUT2D eigenvalue weighted by Gasteiger charge is -2.22. The second kappa shape index (κ2) is 6.95. The molecule has 0 bridgehead atoms. The Morgan fingerprint density at radius 3 is 2.83 bits per heavy atom. The van der Waals surface area contributed by atoms with Crippen molar-refractivity contribution >= 4 is 33.7 Å². The van der Waals surface area contributed by atoms with Crippen LogP contribution in [-0.4, -0.2) is 42.3 Å². The Morgan fingerprint density at radius 1 is 1.46 bits per heavy atom. The molecule has 1 unspecified atom stereocenters. The Labute approximate surface area is 150 Å². The molecule has 1 aliphatic heterocycles. The van der Waals surface area contributed by atoms with Gasteiger partial charge in [0.1, 0.15) is 11.8 Å². The van der Waals surface area contributed by atoms with Crippen molar-refractivity contribution < 1.29 is 17.7 Å². The quantitative estimate of drug-likeness (QED) is 0.787. The van der Waals surface area contributed by atoms with E-state index in [1.165, 1.54) is 0 Å². The molecule has 1 aromatic heterocycles. The molecule has 1 aromatic carbocycles. The molecule has 1 N–H and O–H groups in total. The van der Waals surface area contributed by atoms with E-state index >= 15 is 0 Å². The van der Waals surface area contributed by atoms with Crippen LogP contribution in [-0.2, 0) is 16.5 Å². The Bertz CT molecular complexity index is 891. The maximum Gasteiger partial charge on any atom is 0.292 e. The maximum absolute atomic E-state index is 11.7. The van der Waals surface area contributed by atoms with Crippen LogP contribution in [0.1, 0.15) is 13.3 Å². The van der Waals surface area contributed by atoms with Crippen molar-refractivity contribution in [1.29, 1.82) is 0 Å². The van der Waals surface area contributed by atoms with Gasteiger partial charge in [-0.2, -0.15) is 4.68 Å². The average Bonchev–Trinajstić information content (AvgIpc) is 3.08. The molecule has 130 valence electrons. The van der Waals surface area contributed by atoms with E-state index < -0.39 is 9.84 Å². The number of nitrogens with one attached hydrogen (secondary N) is 1. The highest BCUT2D eigenvalue weighted by atomic mass is 35.5. The van der Waals surface area contributed by atoms with Crippen LogP contribution < -0.4 is 4.90 Å². The highest BCUT2D eigenvalue weighted by Crippen LogP contribution is 2.26. The van der Waals surface area contributed by atoms with E-state index in [2.05, 4.69) is 5.10 Å². The zero-order valence-electron chi connectivity index (χ0n) is 13.2. The van der Waals surface area contributed by atoms with E-state index in [0.717, 1.165) is 11.4 Å². The fraction of sp³-hybridized carbons (Fsp3) is 0.467. The minimum Gasteiger partial charge on any atom is -0.409 e. The largest absolute Gasteiger partial charge is 0.409 e. The van der Waals surface area contributed by atoms with E-state index in [1.54, 1.807) is 10.7 Å². The number of rotatable bonds is 5. The molecule has 1 fully saturated rings. The summed E-state index contributed by atoms with van der Waals surface area (Å²) >= 11 is 11.4. The normalized spacial score (nSPS) is 21.0. The summed E-state index contributed by atoms with van der Waals surface area (Å²) in [4.78, 5) is 1.39. The average molecular weight is 389 g/mol. The molecule has 0 spiro atoms. The Balaban J connectivity index is 1.83. The zero-order chi connectivity index (χ0) is 17.3. The van der Waals surface area contributed by atoms with Crippen LogP contribution in [0.4, 0.5) is 0 Å². The van der Waals surface area contributed by atoms with Crippen molar-refractivity contribution in [3.05, 3.63) is 34.1 Å². The lowest BCUT2D eigenvalue weighted by Crippen LogP contribution is -3.15. The fourth-order valence-electron chi connectivity index (χ4n) is 2.99. The summed E-state index contributed by atoms with van der Waals surface area (Å²) in [5.74, 6) is 0.856. The Kier molecular flexibility index (Phi) is 5.10. The van der Waals surface area contributed by atoms with Crippen LogP contribution in [0.5, 0.6) is 0 Å². The van der Waals surface area contributed by atoms with Gasteiger partial charge in [0, 0.05) is 6.42 Å². The second-order valence-electron chi connectivity index (χ2n) is 5.92. The van der Waals surface area contributed by atoms with Crippen molar-refractivity contribution in [2.75, 3.05) is 18.1 Å². The van der Waals surface area contributed by atoms with E-state index in [4.69, 9.17) is 28.2 Å². The van der Waals surface area contributed by atoms with Gasteiger partial charge in [0.25, 0.3) is 4.84 Å². The third-order valence-electron chi connectivity index (χ3n) is 4.33. The number of nitrogens with zero attached hydrogens (tertiary/aromatic N) is 2. The smallest absolute Gasteiger partial charge is 0.292 e. The van der Waals surface area contributed by atoms with E-state index in [1.807, 2.05) is 25.1 Å². The summed E-state index contributed by atoms with van der Waals surface area (Å²) in [7, 11) is -2.91. The van der Waals surface area contributed by atoms with Crippen LogP contribution in [0.25, 0.3) is 11.5 Å². The summed E-state index contributed by atoms with van der Waals surface area (Å²) in [5.41, 5.74) is 0.686. The third kappa shape index (κ3) is 3.72. The lowest BCUT2D eigenvalue weighted by molar-refractivity contribution is -0.943. The minimum atomic E-state index is -2.91. The molecule has 2 atom stereocenters. The molecular weight excluding hydrogens is 370 g/mol. The predicted octanol–water partition coefficient (Wildman–Crippen LogP) is 1.58. The first kappa shape index (κ1) is 17.6. The minimum absolute atomic E-state index is 0.0716. The number of sulfone groups is 1. The summed E-state index contributed by atoms with van der Waals surface area (Å²) < 4.78 is 30.6. The van der Waals surface area contributed by atoms with Gasteiger partial charge in [0.05, 0.1) is 22.9 Å². The molecule has 24 heavy (non-hydrogen) atoms. The van der Waals surface area contributed by atoms with Gasteiger partial charge in [-0.1, -0.05) is 23.7 Å². The molecule has 1 saturated heterocycles. The summed E-state index contributed by atoms with van der Waals surface area (Å²) in [6.45, 7) is 3.29. The van der Waals surface area contributed by atoms with Crippen molar-refractivity contribution in [2.24, 2.45) is 0 Å². The van der Waals surface area contributed by atoms with Crippen molar-refractivity contribution in [2.45, 2.75) is 26.1 Å². The van der Waals surface area contributed by atoms with Crippen LogP contribution in [0.15, 0.2) is 28.7 Å². The van der Waals surface area contributed by atoms with Crippen LogP contribution in [0.2, 0.25) is 5.02 Å². The van der Waals surface area contributed by atoms with Crippen molar-refractivity contribution in [3.8, 4) is 11.5 Å². The van der Waals surface area contributed by atoms with Gasteiger partial charge in [-0.3, -0.25) is 0 Å². The van der Waals surface area contributed by atoms with Gasteiger partial charge in [-0.15, -0.1) is 5.10 Å². The summed E-state index contributed by atoms with van der Waals surface area (Å²) in [6, 6.07) is 7.34. The van der Waals surface area contributed by atoms with Crippen molar-refractivity contribution in [3.63, 3.8) is 0 Å². The highest BCUT2D eigenvalue weighted by molar-refractivity contribution is 7.91. The van der Waals surface area contributed by atoms with Crippen LogP contribution in [0, 0.1) is 4.84 Å². The standard InChI is InChI=1S/C15H18ClN3O3S2/c1-2-18(11-7-8-24(20,21)9-11)10-19-15(23)22-14(17-19)12-5-3-4-6-13(12)16/h3-6,11H,2,7-10H2,1H3/p+1/t11-/m1/s1. The van der Waals surface area contributed by atoms with Crippen LogP contribution >= 0.6 is 23.8 Å². The monoisotopic (exact) mass is 388 g/mol. The SMILES string of the molecule is CC[NH+](Cn1nc(-c2ccccc2Cl)oc1=S)[C@@H]1CCS(=O)(=O)C1. The first-order valence-electron chi connectivity index (χ1n) is 7.77. The summed E-state index contributed by atoms with van der Waals surface area (Å²) in [6.07, 6.45) is 0.675. The number of benzene rings is 1. The fourth-order valence-corrected chi connectivity index (χ4v) is 5.22. The molecule has 0 saturated carbocycles. The molecule has 6 nitrogen and oxygen atoms in total. The number of aromatic nitrogens is 2. The van der Waals surface area contributed by atoms with Gasteiger partial charge in [-0.25, -0.2) is 8.42 Å². The van der Waals surface area contributed by atoms with Gasteiger partial charge >= 0.3 is 0 Å². The third-order valence-corrected chi connectivity index (χ3v) is 6.72. The van der Waals surface area contributed by atoms with Crippen molar-refractivity contribution in [1.82, 2.24) is 9.78 Å². The lowest BCUT2D eigenvalue weighted by atomic mass is 10.2. The molecule has 1 aliphatic rings. The number of hydrogen-bond acceptors (Lipinski definition) is 5. The van der Waals surface area contributed by atoms with Gasteiger partial charge < -0.3 is 9.32 Å². The van der Waals surface area contributed by atoms with Gasteiger partial charge in [-0.05, 0) is 31.3 Å². The first-order chi connectivity index (χ1) is 11.4. The Hall–Kier alpha value is -1.22. The first-order valence-corrected chi connectivity index (χ1v) is 10.4. The molecule has 2 aromatic rings. The molecule has 0 aliphatic carbocycles.